The number of nitrogens with one attached hydrogen (secondary N) is 2. The van der Waals surface area contributed by atoms with Crippen molar-refractivity contribution < 1.29 is 4.79 Å². The topological polar surface area (TPSA) is 41.1 Å². The summed E-state index contributed by atoms with van der Waals surface area (Å²) in [5, 5.41) is 5.65. The van der Waals surface area contributed by atoms with Crippen LogP contribution in [0.1, 0.15) is 19.8 Å². The van der Waals surface area contributed by atoms with Gasteiger partial charge in [-0.15, -0.1) is 0 Å². The molecule has 14 heavy (non-hydrogen) atoms. The molecule has 3 nitrogen and oxygen atoms in total. The van der Waals surface area contributed by atoms with E-state index in [0.717, 1.165) is 13.0 Å². The zero-order valence-corrected chi connectivity index (χ0v) is 8.74. The third-order valence-corrected chi connectivity index (χ3v) is 1.36. The van der Waals surface area contributed by atoms with Crippen LogP contribution in [0, 0.1) is 23.7 Å². The lowest BCUT2D eigenvalue weighted by molar-refractivity contribution is -0.118. The van der Waals surface area contributed by atoms with Crippen molar-refractivity contribution in [2.75, 3.05) is 20.1 Å². The molecule has 0 saturated carbocycles. The van der Waals surface area contributed by atoms with Gasteiger partial charge in [-0.1, -0.05) is 11.8 Å². The van der Waals surface area contributed by atoms with Crippen LogP contribution in [-0.2, 0) is 4.79 Å². The molecule has 0 radical (unpaired) electrons. The number of hydrogen-bond acceptors (Lipinski definition) is 2. The summed E-state index contributed by atoms with van der Waals surface area (Å²) in [6.07, 6.45) is 1.47. The minimum Gasteiger partial charge on any atom is -0.355 e. The highest BCUT2D eigenvalue weighted by Gasteiger charge is 1.85. The molecule has 0 aromatic heterocycles. The maximum atomic E-state index is 10.5. The molecule has 0 heterocycles. The smallest absolute Gasteiger partial charge is 0.216 e. The first-order chi connectivity index (χ1) is 6.77. The maximum absolute atomic E-state index is 10.5. The van der Waals surface area contributed by atoms with Crippen LogP contribution in [0.5, 0.6) is 0 Å². The summed E-state index contributed by atoms with van der Waals surface area (Å²) in [6, 6.07) is 0. The predicted octanol–water partition coefficient (Wildman–Crippen LogP) is 0.129. The van der Waals surface area contributed by atoms with Crippen molar-refractivity contribution in [2.24, 2.45) is 0 Å². The molecule has 0 aliphatic rings. The molecule has 2 N–H and O–H groups in total. The molecular formula is C11H16N2O. The highest BCUT2D eigenvalue weighted by molar-refractivity contribution is 5.72. The largest absolute Gasteiger partial charge is 0.355 e. The first kappa shape index (κ1) is 12.6. The molecule has 0 aliphatic heterocycles. The maximum Gasteiger partial charge on any atom is 0.216 e. The Morgan fingerprint density at radius 2 is 1.71 bits per heavy atom. The van der Waals surface area contributed by atoms with Crippen molar-refractivity contribution in [3.63, 3.8) is 0 Å². The van der Waals surface area contributed by atoms with E-state index in [1.165, 1.54) is 6.92 Å². The lowest BCUT2D eigenvalue weighted by atomic mass is 10.4. The minimum atomic E-state index is -0.0214. The number of carbonyl (C=O) groups excluding carboxylic acids is 1. The third kappa shape index (κ3) is 10.6. The van der Waals surface area contributed by atoms with Crippen LogP contribution in [0.15, 0.2) is 0 Å². The van der Waals surface area contributed by atoms with Crippen LogP contribution >= 0.6 is 0 Å². The first-order valence-electron chi connectivity index (χ1n) is 4.62. The Morgan fingerprint density at radius 3 is 2.21 bits per heavy atom. The summed E-state index contributed by atoms with van der Waals surface area (Å²) in [5.74, 6) is 11.2. The molecule has 3 heteroatoms. The Kier molecular flexibility index (Phi) is 8.64. The van der Waals surface area contributed by atoms with E-state index >= 15 is 0 Å². The molecule has 0 fully saturated rings. The van der Waals surface area contributed by atoms with E-state index in [9.17, 15) is 4.79 Å². The molecule has 0 aliphatic carbocycles. The van der Waals surface area contributed by atoms with E-state index in [1.807, 2.05) is 7.05 Å². The van der Waals surface area contributed by atoms with Crippen molar-refractivity contribution in [3.8, 4) is 23.7 Å². The van der Waals surface area contributed by atoms with Crippen molar-refractivity contribution in [1.82, 2.24) is 10.6 Å². The molecular weight excluding hydrogens is 176 g/mol. The average molecular weight is 192 g/mol. The molecule has 0 aromatic carbocycles. The Labute approximate surface area is 85.6 Å². The monoisotopic (exact) mass is 192 g/mol. The zero-order chi connectivity index (χ0) is 10.6. The Bertz CT molecular complexity index is 275. The van der Waals surface area contributed by atoms with Gasteiger partial charge in [0.2, 0.25) is 5.91 Å². The Balaban J connectivity index is 3.41. The highest BCUT2D eigenvalue weighted by Crippen LogP contribution is 1.72. The van der Waals surface area contributed by atoms with Crippen molar-refractivity contribution in [2.45, 2.75) is 19.8 Å². The van der Waals surface area contributed by atoms with E-state index in [1.54, 1.807) is 0 Å². The number of rotatable bonds is 4. The summed E-state index contributed by atoms with van der Waals surface area (Å²) >= 11 is 0. The van der Waals surface area contributed by atoms with E-state index in [4.69, 9.17) is 0 Å². The Morgan fingerprint density at radius 1 is 1.14 bits per heavy atom. The van der Waals surface area contributed by atoms with Crippen molar-refractivity contribution >= 4 is 5.91 Å². The second-order valence-corrected chi connectivity index (χ2v) is 2.69. The van der Waals surface area contributed by atoms with Gasteiger partial charge in [0.15, 0.2) is 0 Å². The fourth-order valence-corrected chi connectivity index (χ4v) is 0.702. The van der Waals surface area contributed by atoms with Gasteiger partial charge in [0.25, 0.3) is 0 Å². The summed E-state index contributed by atoms with van der Waals surface area (Å²) in [4.78, 5) is 10.5. The molecule has 0 aromatic rings. The number of amides is 1. The second kappa shape index (κ2) is 9.64. The van der Waals surface area contributed by atoms with Gasteiger partial charge < -0.3 is 10.6 Å². The van der Waals surface area contributed by atoms with Gasteiger partial charge >= 0.3 is 0 Å². The van der Waals surface area contributed by atoms with Crippen LogP contribution in [0.2, 0.25) is 0 Å². The quantitative estimate of drug-likeness (QED) is 0.491. The summed E-state index contributed by atoms with van der Waals surface area (Å²) < 4.78 is 0. The van der Waals surface area contributed by atoms with Gasteiger partial charge in [-0.05, 0) is 18.9 Å². The van der Waals surface area contributed by atoms with E-state index in [-0.39, 0.29) is 5.91 Å². The van der Waals surface area contributed by atoms with Crippen LogP contribution in [-0.4, -0.2) is 26.0 Å². The van der Waals surface area contributed by atoms with Crippen LogP contribution in [0.3, 0.4) is 0 Å². The molecule has 0 saturated heterocycles. The van der Waals surface area contributed by atoms with Crippen molar-refractivity contribution in [1.29, 1.82) is 0 Å². The van der Waals surface area contributed by atoms with E-state index in [2.05, 4.69) is 34.3 Å². The fraction of sp³-hybridized carbons (Fsp3) is 0.545. The third-order valence-electron chi connectivity index (χ3n) is 1.36. The van der Waals surface area contributed by atoms with Gasteiger partial charge in [0.1, 0.15) is 0 Å². The summed E-state index contributed by atoms with van der Waals surface area (Å²) in [7, 11) is 1.89. The van der Waals surface area contributed by atoms with Crippen LogP contribution < -0.4 is 10.6 Å². The molecule has 76 valence electrons. The predicted molar refractivity (Wildman–Crippen MR) is 57.4 cm³/mol. The lowest BCUT2D eigenvalue weighted by Gasteiger charge is -1.93. The first-order valence-corrected chi connectivity index (χ1v) is 4.62. The number of carbonyl (C=O) groups is 1. The van der Waals surface area contributed by atoms with E-state index in [0.29, 0.717) is 13.0 Å². The molecule has 0 atom stereocenters. The van der Waals surface area contributed by atoms with Gasteiger partial charge in [-0.25, -0.2) is 0 Å². The SMILES string of the molecule is CNCCC#CC#CCCNC(C)=O. The lowest BCUT2D eigenvalue weighted by Crippen LogP contribution is -2.20. The normalized spacial score (nSPS) is 7.86. The fourth-order valence-electron chi connectivity index (χ4n) is 0.702. The Hall–Kier alpha value is -1.45. The van der Waals surface area contributed by atoms with Gasteiger partial charge in [-0.3, -0.25) is 4.79 Å². The minimum absolute atomic E-state index is 0.0214. The van der Waals surface area contributed by atoms with Crippen molar-refractivity contribution in [3.05, 3.63) is 0 Å². The molecule has 0 unspecified atom stereocenters. The molecule has 1 amide bonds. The van der Waals surface area contributed by atoms with Crippen LogP contribution in [0.4, 0.5) is 0 Å². The van der Waals surface area contributed by atoms with Crippen LogP contribution in [0.25, 0.3) is 0 Å². The number of hydrogen-bond donors (Lipinski definition) is 2. The summed E-state index contributed by atoms with van der Waals surface area (Å²) in [6.45, 7) is 2.98. The molecule has 0 spiro atoms. The zero-order valence-electron chi connectivity index (χ0n) is 8.74. The van der Waals surface area contributed by atoms with Gasteiger partial charge in [0.05, 0.1) is 0 Å². The van der Waals surface area contributed by atoms with Gasteiger partial charge in [-0.2, -0.15) is 0 Å². The molecule has 0 bridgehead atoms. The highest BCUT2D eigenvalue weighted by atomic mass is 16.1. The van der Waals surface area contributed by atoms with E-state index < -0.39 is 0 Å². The average Bonchev–Trinajstić information content (AvgIpc) is 2.15. The summed E-state index contributed by atoms with van der Waals surface area (Å²) in [5.41, 5.74) is 0. The second-order valence-electron chi connectivity index (χ2n) is 2.69. The van der Waals surface area contributed by atoms with Gasteiger partial charge in [0, 0.05) is 32.9 Å². The molecule has 0 rings (SSSR count). The standard InChI is InChI=1S/C11H16N2O/c1-11(14)13-10-8-6-4-3-5-7-9-12-2/h12H,7-10H2,1-2H3,(H,13,14).